The van der Waals surface area contributed by atoms with Gasteiger partial charge in [0.1, 0.15) is 11.2 Å². The molecule has 1 aromatic carbocycles. The number of hydrogen-bond acceptors (Lipinski definition) is 2. The molecule has 0 aromatic heterocycles. The smallest absolute Gasteiger partial charge is 0.314 e. The molecule has 0 atom stereocenters. The van der Waals surface area contributed by atoms with Crippen molar-refractivity contribution in [2.24, 2.45) is 0 Å². The second kappa shape index (κ2) is 4.24. The van der Waals surface area contributed by atoms with Crippen molar-refractivity contribution < 1.29 is 14.6 Å². The Balaban J connectivity index is 2.57. The van der Waals surface area contributed by atoms with Crippen LogP contribution >= 0.6 is 0 Å². The number of benzene rings is 1. The van der Waals surface area contributed by atoms with E-state index in [1.165, 1.54) is 0 Å². The molecular weight excluding hydrogens is 216 g/mol. The maximum atomic E-state index is 11.6. The summed E-state index contributed by atoms with van der Waals surface area (Å²) in [5.41, 5.74) is 0.975. The van der Waals surface area contributed by atoms with Crippen LogP contribution in [0.5, 0.6) is 5.75 Å². The average molecular weight is 232 g/mol. The van der Waals surface area contributed by atoms with E-state index in [2.05, 4.69) is 0 Å². The molecule has 2 rings (SSSR count). The first kappa shape index (κ1) is 11.7. The van der Waals surface area contributed by atoms with E-state index in [4.69, 9.17) is 4.74 Å². The number of carboxylic acid groups (broad SMARTS) is 1. The largest absolute Gasteiger partial charge is 0.496 e. The Labute approximate surface area is 101 Å². The highest BCUT2D eigenvalue weighted by Crippen LogP contribution is 2.42. The van der Waals surface area contributed by atoms with E-state index in [0.717, 1.165) is 11.1 Å². The third-order valence-corrected chi connectivity index (χ3v) is 3.38. The summed E-state index contributed by atoms with van der Waals surface area (Å²) in [6.07, 6.45) is 4.91. The monoisotopic (exact) mass is 232 g/mol. The minimum atomic E-state index is -0.850. The highest BCUT2D eigenvalue weighted by molar-refractivity contribution is 5.84. The molecule has 0 bridgehead atoms. The molecule has 17 heavy (non-hydrogen) atoms. The Hall–Kier alpha value is -1.77. The number of aryl methyl sites for hydroxylation is 1. The molecule has 3 heteroatoms. The maximum Gasteiger partial charge on any atom is 0.314 e. The third kappa shape index (κ3) is 1.82. The van der Waals surface area contributed by atoms with Gasteiger partial charge in [0.05, 0.1) is 7.11 Å². The minimum absolute atomic E-state index is 0.530. The SMILES string of the molecule is COc1ccc(C)cc1C1(C(=O)O)CC=CC1. The van der Waals surface area contributed by atoms with Crippen LogP contribution in [0.3, 0.4) is 0 Å². The van der Waals surface area contributed by atoms with Crippen molar-refractivity contribution in [3.8, 4) is 5.75 Å². The molecule has 1 aliphatic carbocycles. The molecular formula is C14H16O3. The lowest BCUT2D eigenvalue weighted by atomic mass is 9.77. The summed E-state index contributed by atoms with van der Waals surface area (Å²) in [5.74, 6) is -0.131. The van der Waals surface area contributed by atoms with Gasteiger partial charge in [-0.05, 0) is 25.8 Å². The number of carboxylic acids is 1. The normalized spacial score (nSPS) is 17.1. The predicted octanol–water partition coefficient (Wildman–Crippen LogP) is 2.68. The summed E-state index contributed by atoms with van der Waals surface area (Å²) in [7, 11) is 1.58. The van der Waals surface area contributed by atoms with Crippen LogP contribution in [0.4, 0.5) is 0 Å². The van der Waals surface area contributed by atoms with Gasteiger partial charge in [-0.25, -0.2) is 0 Å². The van der Waals surface area contributed by atoms with Crippen molar-refractivity contribution in [3.63, 3.8) is 0 Å². The van der Waals surface area contributed by atoms with Crippen LogP contribution in [0.25, 0.3) is 0 Å². The van der Waals surface area contributed by atoms with Gasteiger partial charge in [0.15, 0.2) is 0 Å². The number of allylic oxidation sites excluding steroid dienone is 2. The second-order valence-electron chi connectivity index (χ2n) is 4.47. The molecule has 1 N–H and O–H groups in total. The molecule has 0 fully saturated rings. The Morgan fingerprint density at radius 1 is 1.35 bits per heavy atom. The van der Waals surface area contributed by atoms with E-state index in [-0.39, 0.29) is 0 Å². The first-order chi connectivity index (χ1) is 8.10. The molecule has 0 heterocycles. The number of carbonyl (C=O) groups is 1. The van der Waals surface area contributed by atoms with Gasteiger partial charge >= 0.3 is 5.97 Å². The van der Waals surface area contributed by atoms with Crippen molar-refractivity contribution in [3.05, 3.63) is 41.5 Å². The lowest BCUT2D eigenvalue weighted by Crippen LogP contribution is -2.33. The molecule has 0 amide bonds. The van der Waals surface area contributed by atoms with Gasteiger partial charge in [-0.15, -0.1) is 0 Å². The second-order valence-corrected chi connectivity index (χ2v) is 4.47. The molecule has 90 valence electrons. The molecule has 0 unspecified atom stereocenters. The zero-order valence-electron chi connectivity index (χ0n) is 10.1. The van der Waals surface area contributed by atoms with Crippen LogP contribution in [0.2, 0.25) is 0 Å². The lowest BCUT2D eigenvalue weighted by molar-refractivity contribution is -0.143. The van der Waals surface area contributed by atoms with Gasteiger partial charge in [-0.2, -0.15) is 0 Å². The van der Waals surface area contributed by atoms with Crippen molar-refractivity contribution in [1.29, 1.82) is 0 Å². The van der Waals surface area contributed by atoms with Crippen LogP contribution < -0.4 is 4.74 Å². The molecule has 0 saturated carbocycles. The lowest BCUT2D eigenvalue weighted by Gasteiger charge is -2.26. The van der Waals surface area contributed by atoms with Crippen molar-refractivity contribution in [2.75, 3.05) is 7.11 Å². The zero-order valence-corrected chi connectivity index (χ0v) is 10.1. The van der Waals surface area contributed by atoms with E-state index in [1.807, 2.05) is 37.3 Å². The van der Waals surface area contributed by atoms with Crippen LogP contribution in [-0.4, -0.2) is 18.2 Å². The van der Waals surface area contributed by atoms with Crippen molar-refractivity contribution >= 4 is 5.97 Å². The fourth-order valence-electron chi connectivity index (χ4n) is 2.36. The number of ether oxygens (including phenoxy) is 1. The summed E-state index contributed by atoms with van der Waals surface area (Å²) in [5, 5.41) is 9.53. The van der Waals surface area contributed by atoms with Gasteiger partial charge in [-0.1, -0.05) is 29.8 Å². The topological polar surface area (TPSA) is 46.5 Å². The molecule has 3 nitrogen and oxygen atoms in total. The quantitative estimate of drug-likeness (QED) is 0.815. The first-order valence-electron chi connectivity index (χ1n) is 5.64. The van der Waals surface area contributed by atoms with Gasteiger partial charge in [-0.3, -0.25) is 4.79 Å². The van der Waals surface area contributed by atoms with Gasteiger partial charge in [0.25, 0.3) is 0 Å². The predicted molar refractivity (Wildman–Crippen MR) is 65.4 cm³/mol. The zero-order chi connectivity index (χ0) is 12.5. The Bertz CT molecular complexity index is 466. The molecule has 1 aromatic rings. The van der Waals surface area contributed by atoms with Crippen LogP contribution in [0.1, 0.15) is 24.0 Å². The van der Waals surface area contributed by atoms with E-state index in [1.54, 1.807) is 7.11 Å². The Morgan fingerprint density at radius 2 is 2.00 bits per heavy atom. The number of methoxy groups -OCH3 is 1. The van der Waals surface area contributed by atoms with Crippen LogP contribution in [-0.2, 0) is 10.2 Å². The molecule has 0 spiro atoms. The van der Waals surface area contributed by atoms with Crippen molar-refractivity contribution in [1.82, 2.24) is 0 Å². The molecule has 0 aliphatic heterocycles. The van der Waals surface area contributed by atoms with E-state index >= 15 is 0 Å². The third-order valence-electron chi connectivity index (χ3n) is 3.38. The van der Waals surface area contributed by atoms with E-state index in [0.29, 0.717) is 18.6 Å². The minimum Gasteiger partial charge on any atom is -0.496 e. The summed E-state index contributed by atoms with van der Waals surface area (Å²) >= 11 is 0. The van der Waals surface area contributed by atoms with Crippen LogP contribution in [0.15, 0.2) is 30.4 Å². The van der Waals surface area contributed by atoms with Gasteiger partial charge < -0.3 is 9.84 Å². The Morgan fingerprint density at radius 3 is 2.53 bits per heavy atom. The number of rotatable bonds is 3. The summed E-state index contributed by atoms with van der Waals surface area (Å²) in [4.78, 5) is 11.6. The molecule has 0 radical (unpaired) electrons. The molecule has 0 saturated heterocycles. The fraction of sp³-hybridized carbons (Fsp3) is 0.357. The highest BCUT2D eigenvalue weighted by Gasteiger charge is 2.42. The maximum absolute atomic E-state index is 11.6. The summed E-state index contributed by atoms with van der Waals surface area (Å²) < 4.78 is 5.30. The first-order valence-corrected chi connectivity index (χ1v) is 5.64. The summed E-state index contributed by atoms with van der Waals surface area (Å²) in [6, 6.07) is 5.69. The summed E-state index contributed by atoms with van der Waals surface area (Å²) in [6.45, 7) is 1.96. The standard InChI is InChI=1S/C14H16O3/c1-10-5-6-12(17-2)11(9-10)14(13(15)16)7-3-4-8-14/h3-6,9H,7-8H2,1-2H3,(H,15,16). The Kier molecular flexibility index (Phi) is 2.92. The fourth-order valence-corrected chi connectivity index (χ4v) is 2.36. The van der Waals surface area contributed by atoms with Crippen LogP contribution in [0, 0.1) is 6.92 Å². The van der Waals surface area contributed by atoms with E-state index in [9.17, 15) is 9.90 Å². The van der Waals surface area contributed by atoms with Gasteiger partial charge in [0.2, 0.25) is 0 Å². The number of hydrogen-bond donors (Lipinski definition) is 1. The number of aliphatic carboxylic acids is 1. The molecule has 1 aliphatic rings. The average Bonchev–Trinajstić information content (AvgIpc) is 2.79. The van der Waals surface area contributed by atoms with Gasteiger partial charge in [0, 0.05) is 5.56 Å². The van der Waals surface area contributed by atoms with E-state index < -0.39 is 11.4 Å². The highest BCUT2D eigenvalue weighted by atomic mass is 16.5. The van der Waals surface area contributed by atoms with Crippen molar-refractivity contribution in [2.45, 2.75) is 25.2 Å².